The molecule has 0 saturated carbocycles. The summed E-state index contributed by atoms with van der Waals surface area (Å²) in [6.45, 7) is 5.01. The molecule has 0 fully saturated rings. The van der Waals surface area contributed by atoms with Gasteiger partial charge in [0.2, 0.25) is 5.91 Å². The molecule has 0 saturated heterocycles. The van der Waals surface area contributed by atoms with Gasteiger partial charge in [-0.25, -0.2) is 0 Å². The summed E-state index contributed by atoms with van der Waals surface area (Å²) in [4.78, 5) is 24.7. The molecule has 3 N–H and O–H groups in total. The van der Waals surface area contributed by atoms with Crippen LogP contribution in [0.25, 0.3) is 0 Å². The smallest absolute Gasteiger partial charge is 0.305 e. The molecule has 0 heterocycles. The van der Waals surface area contributed by atoms with Gasteiger partial charge in [-0.05, 0) is 77.0 Å². The second-order valence-electron chi connectivity index (χ2n) is 28.5. The van der Waals surface area contributed by atoms with Gasteiger partial charge in [0.05, 0.1) is 25.4 Å². The van der Waals surface area contributed by atoms with Crippen molar-refractivity contribution in [3.63, 3.8) is 0 Å². The second kappa shape index (κ2) is 78.8. The van der Waals surface area contributed by atoms with Crippen LogP contribution < -0.4 is 5.32 Å². The molecule has 528 valence electrons. The zero-order valence-electron chi connectivity index (χ0n) is 60.7. The lowest BCUT2D eigenvalue weighted by Gasteiger charge is -2.22. The van der Waals surface area contributed by atoms with Crippen molar-refractivity contribution in [1.82, 2.24) is 5.32 Å². The van der Waals surface area contributed by atoms with E-state index in [1.54, 1.807) is 0 Å². The molecule has 0 aliphatic carbocycles. The highest BCUT2D eigenvalue weighted by Gasteiger charge is 2.20. The maximum absolute atomic E-state index is 12.6. The molecular formula is C83H161NO5. The number of rotatable bonds is 78. The Balaban J connectivity index is 3.35. The number of ether oxygens (including phenoxy) is 1. The minimum absolute atomic E-state index is 0.0160. The van der Waals surface area contributed by atoms with Crippen LogP contribution in [0, 0.1) is 0 Å². The number of unbranched alkanes of at least 4 members (excludes halogenated alkanes) is 63. The lowest BCUT2D eigenvalue weighted by molar-refractivity contribution is -0.143. The first-order valence-electron chi connectivity index (χ1n) is 41.1. The molecule has 0 spiro atoms. The summed E-state index contributed by atoms with van der Waals surface area (Å²) in [6, 6.07) is -0.541. The summed E-state index contributed by atoms with van der Waals surface area (Å²) in [5.41, 5.74) is 0. The van der Waals surface area contributed by atoms with Crippen molar-refractivity contribution in [2.24, 2.45) is 0 Å². The minimum Gasteiger partial charge on any atom is -0.466 e. The summed E-state index contributed by atoms with van der Waals surface area (Å²) in [5, 5.41) is 23.5. The van der Waals surface area contributed by atoms with Gasteiger partial charge < -0.3 is 20.3 Å². The molecule has 0 aliphatic rings. The Morgan fingerprint density at radius 2 is 0.528 bits per heavy atom. The number of amides is 1. The van der Waals surface area contributed by atoms with Crippen LogP contribution in [0.5, 0.6) is 0 Å². The van der Waals surface area contributed by atoms with Gasteiger partial charge in [-0.15, -0.1) is 0 Å². The van der Waals surface area contributed by atoms with E-state index >= 15 is 0 Å². The third-order valence-electron chi connectivity index (χ3n) is 19.5. The monoisotopic (exact) mass is 1250 g/mol. The lowest BCUT2D eigenvalue weighted by atomic mass is 10.0. The first-order chi connectivity index (χ1) is 44.0. The van der Waals surface area contributed by atoms with Gasteiger partial charge in [0.25, 0.3) is 0 Å². The van der Waals surface area contributed by atoms with Crippen molar-refractivity contribution in [2.75, 3.05) is 13.2 Å². The zero-order valence-corrected chi connectivity index (χ0v) is 60.7. The molecule has 0 aromatic rings. The number of aliphatic hydroxyl groups excluding tert-OH is 2. The predicted octanol–water partition coefficient (Wildman–Crippen LogP) is 27.2. The van der Waals surface area contributed by atoms with E-state index in [-0.39, 0.29) is 18.5 Å². The summed E-state index contributed by atoms with van der Waals surface area (Å²) >= 11 is 0. The van der Waals surface area contributed by atoms with Gasteiger partial charge in [0.1, 0.15) is 0 Å². The van der Waals surface area contributed by atoms with Gasteiger partial charge in [-0.2, -0.15) is 0 Å². The first kappa shape index (κ1) is 87.3. The van der Waals surface area contributed by atoms with E-state index in [1.807, 2.05) is 0 Å². The van der Waals surface area contributed by atoms with Crippen molar-refractivity contribution in [1.29, 1.82) is 0 Å². The van der Waals surface area contributed by atoms with Crippen LogP contribution in [0.1, 0.15) is 470 Å². The van der Waals surface area contributed by atoms with Crippen LogP contribution in [0.2, 0.25) is 0 Å². The van der Waals surface area contributed by atoms with E-state index in [1.165, 1.54) is 392 Å². The molecule has 0 aromatic carbocycles. The van der Waals surface area contributed by atoms with Crippen molar-refractivity contribution in [3.05, 3.63) is 24.3 Å². The number of allylic oxidation sites excluding steroid dienone is 4. The predicted molar refractivity (Wildman–Crippen MR) is 393 cm³/mol. The van der Waals surface area contributed by atoms with E-state index in [2.05, 4.69) is 43.5 Å². The third-order valence-corrected chi connectivity index (χ3v) is 19.5. The van der Waals surface area contributed by atoms with Crippen LogP contribution in [0.4, 0.5) is 0 Å². The fourth-order valence-corrected chi connectivity index (χ4v) is 13.2. The van der Waals surface area contributed by atoms with E-state index in [4.69, 9.17) is 4.74 Å². The van der Waals surface area contributed by atoms with Crippen LogP contribution in [-0.4, -0.2) is 47.4 Å². The van der Waals surface area contributed by atoms with Gasteiger partial charge in [0, 0.05) is 12.8 Å². The molecule has 6 heteroatoms. The Bertz CT molecular complexity index is 1400. The van der Waals surface area contributed by atoms with Crippen LogP contribution >= 0.6 is 0 Å². The Labute approximate surface area is 558 Å². The molecule has 0 aliphatic heterocycles. The second-order valence-corrected chi connectivity index (χ2v) is 28.5. The normalized spacial score (nSPS) is 12.5. The average Bonchev–Trinajstić information content (AvgIpc) is 3.60. The molecule has 0 bridgehead atoms. The molecule has 0 rings (SSSR count). The zero-order chi connectivity index (χ0) is 64.2. The molecule has 1 amide bonds. The lowest BCUT2D eigenvalue weighted by Crippen LogP contribution is -2.45. The number of aliphatic hydroxyl groups is 2. The average molecular weight is 1250 g/mol. The van der Waals surface area contributed by atoms with Crippen molar-refractivity contribution >= 4 is 11.9 Å². The topological polar surface area (TPSA) is 95.9 Å². The molecule has 0 aromatic heterocycles. The highest BCUT2D eigenvalue weighted by molar-refractivity contribution is 5.76. The van der Waals surface area contributed by atoms with Gasteiger partial charge in [0.15, 0.2) is 0 Å². The van der Waals surface area contributed by atoms with E-state index < -0.39 is 12.1 Å². The van der Waals surface area contributed by atoms with Crippen molar-refractivity contribution in [3.8, 4) is 0 Å². The van der Waals surface area contributed by atoms with Gasteiger partial charge in [-0.3, -0.25) is 9.59 Å². The standard InChI is InChI=1S/C83H161NO5/c1-3-5-7-9-11-13-15-17-19-21-23-24-34-37-40-43-47-51-55-59-63-67-71-75-81(86)80(79-85)84-82(87)76-72-68-64-60-56-52-48-44-41-38-35-32-30-28-26-25-27-29-31-33-36-39-42-46-50-54-58-62-66-70-74-78-89-83(88)77-73-69-65-61-57-53-49-45-22-20-18-16-14-12-10-8-6-4-2/h20,22,27,29,80-81,85-86H,3-19,21,23-26,28,30-79H2,1-2H3,(H,84,87)/b22-20-,29-27-. The maximum atomic E-state index is 12.6. The fraction of sp³-hybridized carbons (Fsp3) is 0.928. The van der Waals surface area contributed by atoms with Gasteiger partial charge >= 0.3 is 5.97 Å². The molecule has 0 radical (unpaired) electrons. The minimum atomic E-state index is -0.664. The fourth-order valence-electron chi connectivity index (χ4n) is 13.2. The van der Waals surface area contributed by atoms with E-state index in [9.17, 15) is 19.8 Å². The number of nitrogens with one attached hydrogen (secondary N) is 1. The maximum Gasteiger partial charge on any atom is 0.305 e. The van der Waals surface area contributed by atoms with Crippen LogP contribution in [0.15, 0.2) is 24.3 Å². The van der Waals surface area contributed by atoms with E-state index in [0.29, 0.717) is 25.9 Å². The summed E-state index contributed by atoms with van der Waals surface area (Å²) in [6.07, 6.45) is 101. The molecule has 89 heavy (non-hydrogen) atoms. The number of carbonyl (C=O) groups is 2. The molecule has 2 unspecified atom stereocenters. The Kier molecular flexibility index (Phi) is 77.3. The Morgan fingerprint density at radius 1 is 0.303 bits per heavy atom. The molecule has 2 atom stereocenters. The highest BCUT2D eigenvalue weighted by atomic mass is 16.5. The van der Waals surface area contributed by atoms with Crippen LogP contribution in [0.3, 0.4) is 0 Å². The molecule has 6 nitrogen and oxygen atoms in total. The quantitative estimate of drug-likeness (QED) is 0.0320. The van der Waals surface area contributed by atoms with E-state index in [0.717, 1.165) is 44.9 Å². The SMILES string of the molecule is CCCCCCCCC/C=C\CCCCCCCCCC(=O)OCCCCCCCCCCCCCC/C=C\CCCCCCCCCCCCCCCCCC(=O)NC(CO)C(O)CCCCCCCCCCCCCCCCCCCCCCCCC. The Morgan fingerprint density at radius 3 is 0.798 bits per heavy atom. The number of esters is 1. The van der Waals surface area contributed by atoms with Crippen molar-refractivity contribution in [2.45, 2.75) is 482 Å². The number of hydrogen-bond donors (Lipinski definition) is 3. The number of hydrogen-bond acceptors (Lipinski definition) is 5. The molecular weight excluding hydrogens is 1090 g/mol. The highest BCUT2D eigenvalue weighted by Crippen LogP contribution is 2.20. The summed E-state index contributed by atoms with van der Waals surface area (Å²) in [5.74, 6) is -0.0111. The van der Waals surface area contributed by atoms with Crippen molar-refractivity contribution < 1.29 is 24.5 Å². The summed E-state index contributed by atoms with van der Waals surface area (Å²) < 4.78 is 5.51. The Hall–Kier alpha value is -1.66. The number of carbonyl (C=O) groups excluding carboxylic acids is 2. The largest absolute Gasteiger partial charge is 0.466 e. The third kappa shape index (κ3) is 75.3. The summed E-state index contributed by atoms with van der Waals surface area (Å²) in [7, 11) is 0. The van der Waals surface area contributed by atoms with Gasteiger partial charge in [-0.1, -0.05) is 404 Å². The van der Waals surface area contributed by atoms with Crippen LogP contribution in [-0.2, 0) is 14.3 Å². The first-order valence-corrected chi connectivity index (χ1v) is 41.1.